The van der Waals surface area contributed by atoms with E-state index in [4.69, 9.17) is 17.0 Å². The number of hydrogen-bond acceptors (Lipinski definition) is 4. The van der Waals surface area contributed by atoms with E-state index in [0.717, 1.165) is 18.0 Å². The predicted molar refractivity (Wildman–Crippen MR) is 82.5 cm³/mol. The van der Waals surface area contributed by atoms with Gasteiger partial charge in [-0.3, -0.25) is 4.79 Å². The summed E-state index contributed by atoms with van der Waals surface area (Å²) in [5.74, 6) is 0.288. The Balaban J connectivity index is 1.95. The van der Waals surface area contributed by atoms with E-state index in [2.05, 4.69) is 5.32 Å². The molecule has 0 aromatic heterocycles. The molecule has 0 amide bonds. The number of hydrogen-bond donors (Lipinski definition) is 1. The number of nitrogens with zero attached hydrogens (tertiary/aromatic N) is 1. The van der Waals surface area contributed by atoms with Gasteiger partial charge in [-0.05, 0) is 36.5 Å². The maximum absolute atomic E-state index is 12.8. The molecule has 0 unspecified atom stereocenters. The molecule has 1 aromatic carbocycles. The van der Waals surface area contributed by atoms with Gasteiger partial charge >= 0.3 is 5.97 Å². The Kier molecular flexibility index (Phi) is 5.19. The summed E-state index contributed by atoms with van der Waals surface area (Å²) in [7, 11) is 1.39. The lowest BCUT2D eigenvalue weighted by Gasteiger charge is -2.32. The van der Waals surface area contributed by atoms with Gasteiger partial charge in [-0.1, -0.05) is 0 Å². The van der Waals surface area contributed by atoms with Crippen LogP contribution in [0.5, 0.6) is 0 Å². The van der Waals surface area contributed by atoms with Gasteiger partial charge < -0.3 is 15.0 Å². The van der Waals surface area contributed by atoms with E-state index < -0.39 is 0 Å². The average molecular weight is 314 g/mol. The van der Waals surface area contributed by atoms with Crippen LogP contribution < -0.4 is 5.32 Å². The van der Waals surface area contributed by atoms with Crippen LogP contribution >= 0.6 is 24.0 Å². The number of anilines is 1. The highest BCUT2D eigenvalue weighted by Gasteiger charge is 2.28. The van der Waals surface area contributed by atoms with Gasteiger partial charge in [0.15, 0.2) is 5.11 Å². The molecule has 0 aliphatic carbocycles. The van der Waals surface area contributed by atoms with E-state index in [1.165, 1.54) is 19.2 Å². The SMILES string of the molecule is COC(=O)[C@@H]1CN(C(=S)Nc2ccc(F)cc2)CCS1. The Morgan fingerprint density at radius 2 is 2.20 bits per heavy atom. The largest absolute Gasteiger partial charge is 0.468 e. The number of nitrogens with one attached hydrogen (secondary N) is 1. The number of methoxy groups -OCH3 is 1. The maximum Gasteiger partial charge on any atom is 0.320 e. The summed E-state index contributed by atoms with van der Waals surface area (Å²) in [6.45, 7) is 1.29. The molecule has 0 bridgehead atoms. The van der Waals surface area contributed by atoms with E-state index in [9.17, 15) is 9.18 Å². The molecule has 20 heavy (non-hydrogen) atoms. The van der Waals surface area contributed by atoms with Crippen molar-refractivity contribution in [2.24, 2.45) is 0 Å². The summed E-state index contributed by atoms with van der Waals surface area (Å²) in [6.07, 6.45) is 0. The Hall–Kier alpha value is -1.34. The molecule has 1 heterocycles. The number of thioether (sulfide) groups is 1. The van der Waals surface area contributed by atoms with Crippen LogP contribution in [0.2, 0.25) is 0 Å². The van der Waals surface area contributed by atoms with Crippen molar-refractivity contribution < 1.29 is 13.9 Å². The van der Waals surface area contributed by atoms with Gasteiger partial charge in [-0.15, -0.1) is 11.8 Å². The van der Waals surface area contributed by atoms with E-state index in [1.54, 1.807) is 23.9 Å². The summed E-state index contributed by atoms with van der Waals surface area (Å²) < 4.78 is 17.6. The summed E-state index contributed by atoms with van der Waals surface area (Å²) >= 11 is 6.90. The fraction of sp³-hybridized carbons (Fsp3) is 0.385. The number of benzene rings is 1. The molecule has 2 rings (SSSR count). The summed E-state index contributed by atoms with van der Waals surface area (Å²) in [5, 5.41) is 3.36. The number of halogens is 1. The molecule has 0 radical (unpaired) electrons. The van der Waals surface area contributed by atoms with Gasteiger partial charge in [0.05, 0.1) is 7.11 Å². The number of thiocarbonyl (C=S) groups is 1. The number of rotatable bonds is 2. The molecule has 7 heteroatoms. The van der Waals surface area contributed by atoms with Crippen molar-refractivity contribution in [1.82, 2.24) is 4.90 Å². The molecule has 4 nitrogen and oxygen atoms in total. The first kappa shape index (κ1) is 15.1. The second-order valence-corrected chi connectivity index (χ2v) is 5.96. The zero-order valence-electron chi connectivity index (χ0n) is 11.0. The molecule has 1 N–H and O–H groups in total. The minimum absolute atomic E-state index is 0.221. The van der Waals surface area contributed by atoms with Crippen molar-refractivity contribution in [3.63, 3.8) is 0 Å². The lowest BCUT2D eigenvalue weighted by atomic mass is 10.3. The van der Waals surface area contributed by atoms with Crippen LogP contribution in [-0.2, 0) is 9.53 Å². The number of carbonyl (C=O) groups excluding carboxylic acids is 1. The molecular weight excluding hydrogens is 299 g/mol. The highest BCUT2D eigenvalue weighted by atomic mass is 32.2. The lowest BCUT2D eigenvalue weighted by Crippen LogP contribution is -2.46. The fourth-order valence-corrected chi connectivity index (χ4v) is 3.26. The first-order valence-corrected chi connectivity index (χ1v) is 7.57. The van der Waals surface area contributed by atoms with Crippen LogP contribution in [0.15, 0.2) is 24.3 Å². The smallest absolute Gasteiger partial charge is 0.320 e. The molecule has 1 aliphatic rings. The quantitative estimate of drug-likeness (QED) is 0.666. The normalized spacial score (nSPS) is 18.5. The topological polar surface area (TPSA) is 41.6 Å². The van der Waals surface area contributed by atoms with Crippen molar-refractivity contribution in [2.75, 3.05) is 31.3 Å². The van der Waals surface area contributed by atoms with Crippen LogP contribution in [0.25, 0.3) is 0 Å². The van der Waals surface area contributed by atoms with Crippen LogP contribution in [-0.4, -0.2) is 47.2 Å². The van der Waals surface area contributed by atoms with Crippen molar-refractivity contribution in [3.05, 3.63) is 30.1 Å². The summed E-state index contributed by atoms with van der Waals surface area (Å²) in [4.78, 5) is 13.5. The van der Waals surface area contributed by atoms with Crippen LogP contribution in [0.1, 0.15) is 0 Å². The molecule has 0 saturated carbocycles. The minimum Gasteiger partial charge on any atom is -0.468 e. The number of ether oxygens (including phenoxy) is 1. The fourth-order valence-electron chi connectivity index (χ4n) is 1.84. The predicted octanol–water partition coefficient (Wildman–Crippen LogP) is 2.11. The molecule has 1 aliphatic heterocycles. The van der Waals surface area contributed by atoms with Gasteiger partial charge in [0.1, 0.15) is 11.1 Å². The van der Waals surface area contributed by atoms with Crippen molar-refractivity contribution >= 4 is 40.7 Å². The first-order chi connectivity index (χ1) is 9.60. The van der Waals surface area contributed by atoms with E-state index >= 15 is 0 Å². The molecular formula is C13H15FN2O2S2. The molecule has 1 atom stereocenters. The first-order valence-electron chi connectivity index (χ1n) is 6.11. The third-order valence-corrected chi connectivity index (χ3v) is 4.44. The maximum atomic E-state index is 12.8. The van der Waals surface area contributed by atoms with Gasteiger partial charge in [-0.25, -0.2) is 4.39 Å². The Bertz CT molecular complexity index is 496. The lowest BCUT2D eigenvalue weighted by molar-refractivity contribution is -0.140. The second-order valence-electron chi connectivity index (χ2n) is 4.27. The third kappa shape index (κ3) is 3.83. The van der Waals surface area contributed by atoms with Gasteiger partial charge in [0.2, 0.25) is 0 Å². The highest BCUT2D eigenvalue weighted by molar-refractivity contribution is 8.00. The molecule has 1 saturated heterocycles. The van der Waals surface area contributed by atoms with Crippen molar-refractivity contribution in [2.45, 2.75) is 5.25 Å². The van der Waals surface area contributed by atoms with Gasteiger partial charge in [0.25, 0.3) is 0 Å². The monoisotopic (exact) mass is 314 g/mol. The Labute approximate surface area is 126 Å². The third-order valence-electron chi connectivity index (χ3n) is 2.91. The molecule has 1 aromatic rings. The van der Waals surface area contributed by atoms with Crippen LogP contribution in [0.3, 0.4) is 0 Å². The Morgan fingerprint density at radius 3 is 2.85 bits per heavy atom. The minimum atomic E-state index is -0.290. The van der Waals surface area contributed by atoms with E-state index in [-0.39, 0.29) is 17.0 Å². The van der Waals surface area contributed by atoms with Crippen LogP contribution in [0, 0.1) is 5.82 Å². The highest BCUT2D eigenvalue weighted by Crippen LogP contribution is 2.20. The zero-order valence-corrected chi connectivity index (χ0v) is 12.6. The molecule has 108 valence electrons. The molecule has 1 fully saturated rings. The molecule has 0 spiro atoms. The van der Waals surface area contributed by atoms with E-state index in [1.807, 2.05) is 4.90 Å². The Morgan fingerprint density at radius 1 is 1.50 bits per heavy atom. The second kappa shape index (κ2) is 6.90. The number of carbonyl (C=O) groups is 1. The van der Waals surface area contributed by atoms with Crippen molar-refractivity contribution in [1.29, 1.82) is 0 Å². The number of esters is 1. The van der Waals surface area contributed by atoms with Crippen molar-refractivity contribution in [3.8, 4) is 0 Å². The van der Waals surface area contributed by atoms with Gasteiger partial charge in [0, 0.05) is 24.5 Å². The average Bonchev–Trinajstić information content (AvgIpc) is 2.49. The summed E-state index contributed by atoms with van der Waals surface area (Å²) in [6, 6.07) is 5.98. The van der Waals surface area contributed by atoms with E-state index in [0.29, 0.717) is 11.7 Å². The standard InChI is InChI=1S/C13H15FN2O2S2/c1-18-12(17)11-8-16(6-7-20-11)13(19)15-10-4-2-9(14)3-5-10/h2-5,11H,6-8H2,1H3,(H,15,19)/t11-/m0/s1. The zero-order chi connectivity index (χ0) is 14.5. The van der Waals surface area contributed by atoms with Gasteiger partial charge in [-0.2, -0.15) is 0 Å². The van der Waals surface area contributed by atoms with Crippen LogP contribution in [0.4, 0.5) is 10.1 Å². The summed E-state index contributed by atoms with van der Waals surface area (Å²) in [5.41, 5.74) is 0.726.